The van der Waals surface area contributed by atoms with Crippen molar-refractivity contribution in [2.24, 2.45) is 4.99 Å². The maximum Gasteiger partial charge on any atom is 0.299 e. The first-order valence-electron chi connectivity index (χ1n) is 6.41. The lowest BCUT2D eigenvalue weighted by atomic mass is 10.3. The van der Waals surface area contributed by atoms with Crippen LogP contribution in [0.3, 0.4) is 0 Å². The van der Waals surface area contributed by atoms with Gasteiger partial charge in [-0.15, -0.1) is 5.10 Å². The van der Waals surface area contributed by atoms with Gasteiger partial charge in [-0.3, -0.25) is 4.72 Å². The highest BCUT2D eigenvalue weighted by molar-refractivity contribution is 7.92. The highest BCUT2D eigenvalue weighted by atomic mass is 35.5. The number of halogens is 2. The van der Waals surface area contributed by atoms with Crippen LogP contribution in [0.25, 0.3) is 0 Å². The van der Waals surface area contributed by atoms with Crippen LogP contribution >= 0.6 is 23.2 Å². The van der Waals surface area contributed by atoms with E-state index in [9.17, 15) is 8.42 Å². The van der Waals surface area contributed by atoms with Gasteiger partial charge in [0.1, 0.15) is 0 Å². The largest absolute Gasteiger partial charge is 0.481 e. The van der Waals surface area contributed by atoms with E-state index in [1.807, 2.05) is 0 Å². The van der Waals surface area contributed by atoms with Gasteiger partial charge in [0, 0.05) is 6.92 Å². The van der Waals surface area contributed by atoms with Crippen LogP contribution in [0.2, 0.25) is 10.0 Å². The third kappa shape index (κ3) is 4.34. The topological polar surface area (TPSA) is 109 Å². The Bertz CT molecular complexity index is 815. The van der Waals surface area contributed by atoms with Crippen molar-refractivity contribution < 1.29 is 13.2 Å². The van der Waals surface area contributed by atoms with Crippen molar-refractivity contribution >= 4 is 50.8 Å². The Hall–Kier alpha value is -1.84. The summed E-state index contributed by atoms with van der Waals surface area (Å²) in [7, 11) is -4.07. The smallest absolute Gasteiger partial charge is 0.299 e. The SMILES string of the molecule is CCO/C(C)=N/c1nc(S(=O)(=O)Nc2c(Cl)cccc2Cl)n[nH]1. The number of hydrogen-bond donors (Lipinski definition) is 2. The van der Waals surface area contributed by atoms with Gasteiger partial charge in [-0.1, -0.05) is 29.3 Å². The van der Waals surface area contributed by atoms with E-state index in [-0.39, 0.29) is 21.7 Å². The molecular formula is C12H13Cl2N5O3S. The second kappa shape index (κ2) is 7.16. The summed E-state index contributed by atoms with van der Waals surface area (Å²) >= 11 is 11.9. The number of nitrogens with zero attached hydrogens (tertiary/aromatic N) is 3. The number of rotatable bonds is 5. The fraction of sp³-hybridized carbons (Fsp3) is 0.250. The van der Waals surface area contributed by atoms with Gasteiger partial charge in [-0.05, 0) is 19.1 Å². The highest BCUT2D eigenvalue weighted by Gasteiger charge is 2.22. The van der Waals surface area contributed by atoms with Gasteiger partial charge in [0.05, 0.1) is 22.3 Å². The molecule has 0 amide bonds. The molecule has 0 saturated carbocycles. The first-order valence-corrected chi connectivity index (χ1v) is 8.64. The monoisotopic (exact) mass is 377 g/mol. The van der Waals surface area contributed by atoms with Gasteiger partial charge in [0.2, 0.25) is 5.95 Å². The minimum atomic E-state index is -4.07. The normalized spacial score (nSPS) is 12.3. The molecule has 1 aromatic heterocycles. The number of ether oxygens (including phenoxy) is 1. The molecule has 1 aromatic carbocycles. The Kier molecular flexibility index (Phi) is 5.45. The van der Waals surface area contributed by atoms with Gasteiger partial charge < -0.3 is 4.74 Å². The molecule has 2 aromatic rings. The van der Waals surface area contributed by atoms with Crippen molar-refractivity contribution in [1.29, 1.82) is 0 Å². The minimum Gasteiger partial charge on any atom is -0.481 e. The standard InChI is InChI=1S/C12H13Cl2N5O3S/c1-3-22-7(2)15-11-16-12(18-17-11)23(20,21)19-10-8(13)5-4-6-9(10)14/h4-6,19H,3H2,1-2H3,(H,16,17,18)/b15-7+. The van der Waals surface area contributed by atoms with E-state index in [0.717, 1.165) is 0 Å². The summed E-state index contributed by atoms with van der Waals surface area (Å²) in [6, 6.07) is 4.60. The van der Waals surface area contributed by atoms with E-state index in [2.05, 4.69) is 24.9 Å². The Balaban J connectivity index is 2.27. The number of aromatic nitrogens is 3. The van der Waals surface area contributed by atoms with E-state index in [1.165, 1.54) is 12.1 Å². The van der Waals surface area contributed by atoms with Crippen LogP contribution in [0.5, 0.6) is 0 Å². The minimum absolute atomic E-state index is 0.00146. The number of aromatic amines is 1. The van der Waals surface area contributed by atoms with E-state index < -0.39 is 15.2 Å². The summed E-state index contributed by atoms with van der Waals surface area (Å²) < 4.78 is 31.9. The predicted molar refractivity (Wildman–Crippen MR) is 88.0 cm³/mol. The molecule has 0 unspecified atom stereocenters. The Labute approximate surface area is 142 Å². The average Bonchev–Trinajstić information content (AvgIpc) is 2.93. The molecule has 0 spiro atoms. The molecule has 0 aliphatic rings. The van der Waals surface area contributed by atoms with Crippen molar-refractivity contribution in [3.8, 4) is 0 Å². The predicted octanol–water partition coefficient (Wildman–Crippen LogP) is 3.00. The number of para-hydroxylation sites is 1. The summed E-state index contributed by atoms with van der Waals surface area (Å²) in [5.74, 6) is 0.330. The van der Waals surface area contributed by atoms with E-state index >= 15 is 0 Å². The fourth-order valence-electron chi connectivity index (χ4n) is 1.57. The molecule has 0 atom stereocenters. The number of benzene rings is 1. The molecule has 0 radical (unpaired) electrons. The van der Waals surface area contributed by atoms with Crippen molar-refractivity contribution in [3.05, 3.63) is 28.2 Å². The zero-order chi connectivity index (χ0) is 17.0. The summed E-state index contributed by atoms with van der Waals surface area (Å²) in [5, 5.41) is 5.84. The van der Waals surface area contributed by atoms with Gasteiger partial charge in [0.15, 0.2) is 5.90 Å². The zero-order valence-electron chi connectivity index (χ0n) is 12.2. The average molecular weight is 378 g/mol. The number of H-pyrrole nitrogens is 1. The summed E-state index contributed by atoms with van der Waals surface area (Å²) in [6.07, 6.45) is 0. The Morgan fingerprint density at radius 2 is 2.04 bits per heavy atom. The second-order valence-electron chi connectivity index (χ2n) is 4.21. The van der Waals surface area contributed by atoms with Crippen molar-refractivity contribution in [2.45, 2.75) is 19.0 Å². The van der Waals surface area contributed by atoms with Crippen LogP contribution in [0.15, 0.2) is 28.3 Å². The number of aliphatic imine (C=N–C) groups is 1. The lowest BCUT2D eigenvalue weighted by Crippen LogP contribution is -2.15. The third-order valence-electron chi connectivity index (χ3n) is 2.51. The maximum absolute atomic E-state index is 12.3. The van der Waals surface area contributed by atoms with Crippen LogP contribution in [-0.2, 0) is 14.8 Å². The van der Waals surface area contributed by atoms with Gasteiger partial charge in [-0.2, -0.15) is 18.4 Å². The van der Waals surface area contributed by atoms with Crippen LogP contribution in [0.4, 0.5) is 11.6 Å². The summed E-state index contributed by atoms with van der Waals surface area (Å²) in [4.78, 5) is 7.73. The molecule has 8 nitrogen and oxygen atoms in total. The number of hydrogen-bond acceptors (Lipinski definition) is 6. The van der Waals surface area contributed by atoms with E-state index in [0.29, 0.717) is 12.5 Å². The van der Waals surface area contributed by atoms with Crippen molar-refractivity contribution in [3.63, 3.8) is 0 Å². The third-order valence-corrected chi connectivity index (χ3v) is 4.28. The van der Waals surface area contributed by atoms with Crippen LogP contribution in [0.1, 0.15) is 13.8 Å². The Morgan fingerprint density at radius 1 is 1.39 bits per heavy atom. The summed E-state index contributed by atoms with van der Waals surface area (Å²) in [6.45, 7) is 3.84. The van der Waals surface area contributed by atoms with Gasteiger partial charge >= 0.3 is 0 Å². The van der Waals surface area contributed by atoms with Crippen LogP contribution in [0, 0.1) is 0 Å². The maximum atomic E-state index is 12.3. The van der Waals surface area contributed by atoms with Crippen LogP contribution < -0.4 is 4.72 Å². The lowest BCUT2D eigenvalue weighted by molar-refractivity contribution is 0.324. The van der Waals surface area contributed by atoms with Crippen molar-refractivity contribution in [2.75, 3.05) is 11.3 Å². The lowest BCUT2D eigenvalue weighted by Gasteiger charge is -2.08. The van der Waals surface area contributed by atoms with Gasteiger partial charge in [-0.25, -0.2) is 5.10 Å². The molecule has 1 heterocycles. The van der Waals surface area contributed by atoms with E-state index in [1.54, 1.807) is 19.9 Å². The fourth-order valence-corrected chi connectivity index (χ4v) is 3.13. The molecule has 0 aliphatic carbocycles. The van der Waals surface area contributed by atoms with Crippen molar-refractivity contribution in [1.82, 2.24) is 15.2 Å². The van der Waals surface area contributed by atoms with Crippen LogP contribution in [-0.4, -0.2) is 36.1 Å². The first-order chi connectivity index (χ1) is 10.8. The highest BCUT2D eigenvalue weighted by Crippen LogP contribution is 2.31. The van der Waals surface area contributed by atoms with Gasteiger partial charge in [0.25, 0.3) is 15.2 Å². The molecule has 0 aliphatic heterocycles. The number of sulfonamides is 1. The molecule has 0 saturated heterocycles. The number of anilines is 1. The Morgan fingerprint density at radius 3 is 2.65 bits per heavy atom. The molecule has 11 heteroatoms. The molecular weight excluding hydrogens is 365 g/mol. The second-order valence-corrected chi connectivity index (χ2v) is 6.60. The van der Waals surface area contributed by atoms with E-state index in [4.69, 9.17) is 27.9 Å². The summed E-state index contributed by atoms with van der Waals surface area (Å²) in [5.41, 5.74) is 0.0520. The zero-order valence-corrected chi connectivity index (χ0v) is 14.5. The quantitative estimate of drug-likeness (QED) is 0.614. The molecule has 23 heavy (non-hydrogen) atoms. The molecule has 0 bridgehead atoms. The molecule has 2 N–H and O–H groups in total. The number of nitrogens with one attached hydrogen (secondary N) is 2. The molecule has 2 rings (SSSR count). The molecule has 0 fully saturated rings. The first kappa shape index (κ1) is 17.5. The molecule has 124 valence electrons.